The molecule has 1 atom stereocenters. The second-order valence-corrected chi connectivity index (χ2v) is 8.10. The van der Waals surface area contributed by atoms with Crippen LogP contribution in [0.2, 0.25) is 0 Å². The Morgan fingerprint density at radius 1 is 1.18 bits per heavy atom. The van der Waals surface area contributed by atoms with Crippen LogP contribution in [0.15, 0.2) is 42.7 Å². The van der Waals surface area contributed by atoms with Gasteiger partial charge in [0.2, 0.25) is 0 Å². The van der Waals surface area contributed by atoms with Crippen molar-refractivity contribution in [1.82, 2.24) is 15.0 Å². The maximum absolute atomic E-state index is 14.6. The highest BCUT2D eigenvalue weighted by Crippen LogP contribution is 2.36. The van der Waals surface area contributed by atoms with Gasteiger partial charge in [0.05, 0.1) is 17.4 Å². The smallest absolute Gasteiger partial charge is 0.280 e. The average molecular weight is 469 g/mol. The molecule has 0 spiro atoms. The Kier molecular flexibility index (Phi) is 7.42. The number of carbonyl (C=O) groups excluding carboxylic acids is 1. The van der Waals surface area contributed by atoms with Gasteiger partial charge in [0, 0.05) is 19.3 Å². The van der Waals surface area contributed by atoms with Crippen molar-refractivity contribution < 1.29 is 23.4 Å². The Morgan fingerprint density at radius 2 is 1.97 bits per heavy atom. The molecule has 0 bridgehead atoms. The predicted octanol–water partition coefficient (Wildman–Crippen LogP) is 5.21. The highest BCUT2D eigenvalue weighted by molar-refractivity contribution is 6.06. The maximum Gasteiger partial charge on any atom is 0.280 e. The van der Waals surface area contributed by atoms with Crippen LogP contribution in [0.5, 0.6) is 5.75 Å². The van der Waals surface area contributed by atoms with E-state index < -0.39 is 35.0 Å². The van der Waals surface area contributed by atoms with Gasteiger partial charge in [-0.05, 0) is 49.9 Å². The largest absolute Gasteiger partial charge is 0.504 e. The first-order valence-corrected chi connectivity index (χ1v) is 11.4. The van der Waals surface area contributed by atoms with E-state index in [9.17, 15) is 18.7 Å². The zero-order valence-electron chi connectivity index (χ0n) is 18.9. The van der Waals surface area contributed by atoms with Crippen molar-refractivity contribution in [2.75, 3.05) is 18.1 Å². The highest BCUT2D eigenvalue weighted by Gasteiger charge is 2.31. The number of hydrogen-bond donors (Lipinski definition) is 1. The van der Waals surface area contributed by atoms with Crippen molar-refractivity contribution >= 4 is 11.6 Å². The third-order valence-electron chi connectivity index (χ3n) is 5.72. The minimum absolute atomic E-state index is 0.0531. The molecule has 1 amide bonds. The van der Waals surface area contributed by atoms with Crippen LogP contribution in [0.4, 0.5) is 14.5 Å². The number of halogens is 2. The van der Waals surface area contributed by atoms with Gasteiger partial charge in [-0.1, -0.05) is 19.4 Å². The second kappa shape index (κ2) is 10.6. The quantitative estimate of drug-likeness (QED) is 0.512. The van der Waals surface area contributed by atoms with E-state index >= 15 is 0 Å². The standard InChI is InChI=1S/C25H26F2N4O3/c1-2-3-13-31(16-8-7-12-28-15-16)25(33)22-23(32)21(19-11-4-5-14-34-19)29-24(30-22)20-17(26)9-6-10-18(20)27/h6-10,12,15,19,32H,2-5,11,13-14H2,1H3. The molecule has 4 rings (SSSR count). The van der Waals surface area contributed by atoms with Crippen molar-refractivity contribution in [1.29, 1.82) is 0 Å². The molecule has 0 aliphatic carbocycles. The third-order valence-corrected chi connectivity index (χ3v) is 5.72. The fourth-order valence-corrected chi connectivity index (χ4v) is 3.93. The predicted molar refractivity (Wildman–Crippen MR) is 122 cm³/mol. The number of pyridine rings is 1. The monoisotopic (exact) mass is 468 g/mol. The van der Waals surface area contributed by atoms with E-state index in [2.05, 4.69) is 15.0 Å². The van der Waals surface area contributed by atoms with Crippen LogP contribution in [0.3, 0.4) is 0 Å². The van der Waals surface area contributed by atoms with Gasteiger partial charge < -0.3 is 14.7 Å². The van der Waals surface area contributed by atoms with Crippen LogP contribution in [-0.4, -0.2) is 39.1 Å². The highest BCUT2D eigenvalue weighted by atomic mass is 19.1. The minimum atomic E-state index is -0.866. The zero-order chi connectivity index (χ0) is 24.1. The fourth-order valence-electron chi connectivity index (χ4n) is 3.93. The van der Waals surface area contributed by atoms with E-state index in [1.54, 1.807) is 18.3 Å². The SMILES string of the molecule is CCCCN(C(=O)c1nc(-c2c(F)cccc2F)nc(C2CCCCO2)c1O)c1cccnc1. The summed E-state index contributed by atoms with van der Waals surface area (Å²) in [6, 6.07) is 6.84. The molecule has 1 saturated heterocycles. The molecule has 9 heteroatoms. The summed E-state index contributed by atoms with van der Waals surface area (Å²) in [6.45, 7) is 2.80. The van der Waals surface area contributed by atoms with Crippen molar-refractivity contribution in [2.45, 2.75) is 45.1 Å². The molecule has 3 heterocycles. The summed E-state index contributed by atoms with van der Waals surface area (Å²) in [7, 11) is 0. The zero-order valence-corrected chi connectivity index (χ0v) is 18.9. The number of aromatic nitrogens is 3. The molecule has 0 radical (unpaired) electrons. The van der Waals surface area contributed by atoms with E-state index in [0.717, 1.165) is 31.4 Å². The first-order valence-electron chi connectivity index (χ1n) is 11.4. The van der Waals surface area contributed by atoms with E-state index in [0.29, 0.717) is 31.7 Å². The Balaban J connectivity index is 1.87. The number of hydrogen-bond acceptors (Lipinski definition) is 6. The van der Waals surface area contributed by atoms with Crippen LogP contribution >= 0.6 is 0 Å². The van der Waals surface area contributed by atoms with Crippen molar-refractivity contribution in [3.05, 3.63) is 65.7 Å². The molecule has 1 N–H and O–H groups in total. The Labute approximate surface area is 196 Å². The van der Waals surface area contributed by atoms with Crippen molar-refractivity contribution in [3.63, 3.8) is 0 Å². The molecule has 178 valence electrons. The van der Waals surface area contributed by atoms with Crippen LogP contribution in [0, 0.1) is 11.6 Å². The van der Waals surface area contributed by atoms with Gasteiger partial charge in [0.1, 0.15) is 23.4 Å². The molecule has 1 fully saturated rings. The Morgan fingerprint density at radius 3 is 2.62 bits per heavy atom. The summed E-state index contributed by atoms with van der Waals surface area (Å²) in [5.74, 6) is -3.11. The number of carbonyl (C=O) groups is 1. The van der Waals surface area contributed by atoms with Crippen LogP contribution in [0.25, 0.3) is 11.4 Å². The number of rotatable bonds is 7. The summed E-state index contributed by atoms with van der Waals surface area (Å²) in [4.78, 5) is 27.7. The molecule has 3 aromatic rings. The lowest BCUT2D eigenvalue weighted by molar-refractivity contribution is 0.0108. The number of amides is 1. The lowest BCUT2D eigenvalue weighted by Crippen LogP contribution is -2.33. The summed E-state index contributed by atoms with van der Waals surface area (Å²) < 4.78 is 35.0. The molecule has 1 aliphatic heterocycles. The van der Waals surface area contributed by atoms with Gasteiger partial charge in [-0.3, -0.25) is 9.78 Å². The van der Waals surface area contributed by atoms with Gasteiger partial charge in [-0.15, -0.1) is 0 Å². The summed E-state index contributed by atoms with van der Waals surface area (Å²) in [5.41, 5.74) is -0.225. The van der Waals surface area contributed by atoms with Gasteiger partial charge in [0.25, 0.3) is 5.91 Å². The van der Waals surface area contributed by atoms with Crippen molar-refractivity contribution in [3.8, 4) is 17.1 Å². The van der Waals surface area contributed by atoms with Crippen LogP contribution < -0.4 is 4.90 Å². The fraction of sp³-hybridized carbons (Fsp3) is 0.360. The minimum Gasteiger partial charge on any atom is -0.504 e. The van der Waals surface area contributed by atoms with E-state index in [1.165, 1.54) is 17.2 Å². The van der Waals surface area contributed by atoms with Gasteiger partial charge in [-0.25, -0.2) is 18.7 Å². The molecule has 34 heavy (non-hydrogen) atoms. The van der Waals surface area contributed by atoms with Gasteiger partial charge in [0.15, 0.2) is 17.3 Å². The normalized spacial score (nSPS) is 15.8. The molecule has 1 aromatic carbocycles. The number of benzene rings is 1. The molecular formula is C25H26F2N4O3. The number of ether oxygens (including phenoxy) is 1. The number of anilines is 1. The van der Waals surface area contributed by atoms with E-state index in [4.69, 9.17) is 4.74 Å². The summed E-state index contributed by atoms with van der Waals surface area (Å²) in [5, 5.41) is 11.1. The van der Waals surface area contributed by atoms with E-state index in [-0.39, 0.29) is 17.2 Å². The summed E-state index contributed by atoms with van der Waals surface area (Å²) in [6.07, 6.45) is 6.28. The first-order chi connectivity index (χ1) is 16.5. The first kappa shape index (κ1) is 23.7. The van der Waals surface area contributed by atoms with Crippen molar-refractivity contribution in [2.24, 2.45) is 0 Å². The average Bonchev–Trinajstić information content (AvgIpc) is 2.86. The molecular weight excluding hydrogens is 442 g/mol. The number of aromatic hydroxyl groups is 1. The molecule has 0 saturated carbocycles. The number of unbranched alkanes of at least 4 members (excludes halogenated alkanes) is 1. The summed E-state index contributed by atoms with van der Waals surface area (Å²) >= 11 is 0. The van der Waals surface area contributed by atoms with Gasteiger partial charge in [-0.2, -0.15) is 0 Å². The molecule has 1 unspecified atom stereocenters. The Bertz CT molecular complexity index is 1130. The lowest BCUT2D eigenvalue weighted by Gasteiger charge is -2.26. The topological polar surface area (TPSA) is 88.4 Å². The maximum atomic E-state index is 14.6. The van der Waals surface area contributed by atoms with Crippen LogP contribution in [-0.2, 0) is 4.74 Å². The lowest BCUT2D eigenvalue weighted by atomic mass is 10.0. The van der Waals surface area contributed by atoms with Crippen LogP contribution in [0.1, 0.15) is 61.3 Å². The van der Waals surface area contributed by atoms with Gasteiger partial charge >= 0.3 is 0 Å². The third kappa shape index (κ3) is 4.89. The number of nitrogens with zero attached hydrogens (tertiary/aromatic N) is 4. The molecule has 7 nitrogen and oxygen atoms in total. The molecule has 1 aliphatic rings. The second-order valence-electron chi connectivity index (χ2n) is 8.10. The Hall–Kier alpha value is -3.46. The van der Waals surface area contributed by atoms with E-state index in [1.807, 2.05) is 6.92 Å². The molecule has 2 aromatic heterocycles.